The summed E-state index contributed by atoms with van der Waals surface area (Å²) in [5.41, 5.74) is 5.67. The van der Waals surface area contributed by atoms with Crippen molar-refractivity contribution in [1.29, 1.82) is 0 Å². The first-order valence-corrected chi connectivity index (χ1v) is 4.52. The highest BCUT2D eigenvalue weighted by Crippen LogP contribution is 2.20. The van der Waals surface area contributed by atoms with Gasteiger partial charge in [-0.05, 0) is 12.1 Å². The summed E-state index contributed by atoms with van der Waals surface area (Å²) < 4.78 is 0. The van der Waals surface area contributed by atoms with E-state index in [0.29, 0.717) is 10.7 Å². The van der Waals surface area contributed by atoms with Crippen molar-refractivity contribution >= 4 is 29.0 Å². The molecule has 0 aliphatic heterocycles. The third-order valence-electron chi connectivity index (χ3n) is 1.62. The highest BCUT2D eigenvalue weighted by atomic mass is 35.5. The summed E-state index contributed by atoms with van der Waals surface area (Å²) in [6.07, 6.45) is -0.179. The molecule has 0 heterocycles. The lowest BCUT2D eigenvalue weighted by Gasteiger charge is -2.05. The fraction of sp³-hybridized carbons (Fsp3) is 0.111. The Morgan fingerprint density at radius 1 is 1.53 bits per heavy atom. The zero-order valence-corrected chi connectivity index (χ0v) is 8.53. The average Bonchev–Trinajstić information content (AvgIpc) is 2.21. The molecule has 0 spiro atoms. The maximum Gasteiger partial charge on any atom is 0.232 e. The van der Waals surface area contributed by atoms with Gasteiger partial charge in [0.2, 0.25) is 5.91 Å². The van der Waals surface area contributed by atoms with Crippen molar-refractivity contribution in [2.24, 2.45) is 10.9 Å². The molecule has 0 fully saturated rings. The van der Waals surface area contributed by atoms with Gasteiger partial charge in [-0.3, -0.25) is 4.79 Å². The van der Waals surface area contributed by atoms with E-state index in [2.05, 4.69) is 10.5 Å². The molecule has 0 saturated heterocycles. The van der Waals surface area contributed by atoms with E-state index in [1.807, 2.05) is 0 Å². The predicted molar refractivity (Wildman–Crippen MR) is 58.1 cm³/mol. The number of nitrogens with one attached hydrogen (secondary N) is 1. The van der Waals surface area contributed by atoms with Gasteiger partial charge < -0.3 is 16.3 Å². The van der Waals surface area contributed by atoms with Crippen LogP contribution in [0.3, 0.4) is 0 Å². The van der Waals surface area contributed by atoms with Gasteiger partial charge in [0.05, 0.1) is 17.1 Å². The molecule has 0 bridgehead atoms. The summed E-state index contributed by atoms with van der Waals surface area (Å²) in [6.45, 7) is 0. The molecule has 80 valence electrons. The fourth-order valence-corrected chi connectivity index (χ4v) is 1.14. The highest BCUT2D eigenvalue weighted by Gasteiger charge is 2.07. The normalized spacial score (nSPS) is 11.1. The zero-order chi connectivity index (χ0) is 11.3. The number of hydrogen-bond acceptors (Lipinski definition) is 3. The lowest BCUT2D eigenvalue weighted by Crippen LogP contribution is -2.22. The van der Waals surface area contributed by atoms with Gasteiger partial charge in [-0.15, -0.1) is 0 Å². The summed E-state index contributed by atoms with van der Waals surface area (Å²) in [6, 6.07) is 6.81. The summed E-state index contributed by atoms with van der Waals surface area (Å²) >= 11 is 5.81. The molecule has 0 aliphatic rings. The number of anilines is 1. The molecule has 1 rings (SSSR count). The number of rotatable bonds is 3. The minimum absolute atomic E-state index is 0.153. The third kappa shape index (κ3) is 3.47. The molecule has 15 heavy (non-hydrogen) atoms. The van der Waals surface area contributed by atoms with Crippen LogP contribution in [0.4, 0.5) is 5.69 Å². The van der Waals surface area contributed by atoms with E-state index in [1.165, 1.54) is 0 Å². The Hall–Kier alpha value is -1.75. The molecule has 0 saturated carbocycles. The van der Waals surface area contributed by atoms with Crippen LogP contribution in [0.15, 0.2) is 29.4 Å². The maximum atomic E-state index is 11.3. The number of benzene rings is 1. The van der Waals surface area contributed by atoms with Crippen LogP contribution in [0.1, 0.15) is 6.42 Å². The van der Waals surface area contributed by atoms with Crippen LogP contribution in [0.2, 0.25) is 5.02 Å². The SMILES string of the molecule is N/C(CC(=O)Nc1ccccc1Cl)=N/O. The summed E-state index contributed by atoms with van der Waals surface area (Å²) in [7, 11) is 0. The number of halogens is 1. The largest absolute Gasteiger partial charge is 0.409 e. The summed E-state index contributed by atoms with van der Waals surface area (Å²) in [5.74, 6) is -0.544. The van der Waals surface area contributed by atoms with Gasteiger partial charge in [0.25, 0.3) is 0 Å². The monoisotopic (exact) mass is 227 g/mol. The first kappa shape index (κ1) is 11.3. The van der Waals surface area contributed by atoms with Crippen molar-refractivity contribution in [2.75, 3.05) is 5.32 Å². The smallest absolute Gasteiger partial charge is 0.232 e. The van der Waals surface area contributed by atoms with Crippen LogP contribution < -0.4 is 11.1 Å². The second-order valence-electron chi connectivity index (χ2n) is 2.80. The first-order chi connectivity index (χ1) is 7.13. The molecule has 0 atom stereocenters. The zero-order valence-electron chi connectivity index (χ0n) is 7.77. The van der Waals surface area contributed by atoms with E-state index in [0.717, 1.165) is 0 Å². The first-order valence-electron chi connectivity index (χ1n) is 4.14. The van der Waals surface area contributed by atoms with Crippen molar-refractivity contribution in [3.8, 4) is 0 Å². The van der Waals surface area contributed by atoms with E-state index in [4.69, 9.17) is 22.5 Å². The molecule has 6 heteroatoms. The van der Waals surface area contributed by atoms with Crippen LogP contribution >= 0.6 is 11.6 Å². The van der Waals surface area contributed by atoms with Crippen LogP contribution in [-0.4, -0.2) is 17.0 Å². The van der Waals surface area contributed by atoms with Crippen molar-refractivity contribution in [2.45, 2.75) is 6.42 Å². The Morgan fingerprint density at radius 2 is 2.20 bits per heavy atom. The van der Waals surface area contributed by atoms with Crippen molar-refractivity contribution in [3.63, 3.8) is 0 Å². The molecule has 0 aromatic heterocycles. The van der Waals surface area contributed by atoms with E-state index in [-0.39, 0.29) is 12.3 Å². The van der Waals surface area contributed by atoms with Crippen LogP contribution in [0.5, 0.6) is 0 Å². The molecule has 1 aromatic rings. The summed E-state index contributed by atoms with van der Waals surface area (Å²) in [4.78, 5) is 11.3. The minimum Gasteiger partial charge on any atom is -0.409 e. The highest BCUT2D eigenvalue weighted by molar-refractivity contribution is 6.33. The standard InChI is InChI=1S/C9H10ClN3O2/c10-6-3-1-2-4-7(6)12-9(14)5-8(11)13-15/h1-4,15H,5H2,(H2,11,13)(H,12,14). The molecule has 0 unspecified atom stereocenters. The van der Waals surface area contributed by atoms with Crippen molar-refractivity contribution < 1.29 is 10.0 Å². The molecule has 5 nitrogen and oxygen atoms in total. The van der Waals surface area contributed by atoms with Crippen molar-refractivity contribution in [3.05, 3.63) is 29.3 Å². The fourth-order valence-electron chi connectivity index (χ4n) is 0.957. The molecule has 4 N–H and O–H groups in total. The molecular weight excluding hydrogens is 218 g/mol. The molecule has 0 aliphatic carbocycles. The molecular formula is C9H10ClN3O2. The second kappa shape index (κ2) is 5.21. The Balaban J connectivity index is 2.63. The topological polar surface area (TPSA) is 87.7 Å². The quantitative estimate of drug-likeness (QED) is 0.316. The Bertz CT molecular complexity index is 393. The number of nitrogens with zero attached hydrogens (tertiary/aromatic N) is 1. The van der Waals surface area contributed by atoms with Gasteiger partial charge in [0.1, 0.15) is 5.84 Å². The van der Waals surface area contributed by atoms with E-state index in [1.54, 1.807) is 24.3 Å². The number of para-hydroxylation sites is 1. The lowest BCUT2D eigenvalue weighted by atomic mass is 10.3. The number of carbonyl (C=O) groups is 1. The minimum atomic E-state index is -0.390. The molecule has 0 radical (unpaired) electrons. The van der Waals surface area contributed by atoms with Crippen LogP contribution in [0.25, 0.3) is 0 Å². The van der Waals surface area contributed by atoms with E-state index >= 15 is 0 Å². The van der Waals surface area contributed by atoms with E-state index in [9.17, 15) is 4.79 Å². The van der Waals surface area contributed by atoms with Crippen LogP contribution in [0, 0.1) is 0 Å². The number of amidine groups is 1. The number of nitrogens with two attached hydrogens (primary N) is 1. The van der Waals surface area contributed by atoms with Gasteiger partial charge in [-0.2, -0.15) is 0 Å². The Morgan fingerprint density at radius 3 is 2.80 bits per heavy atom. The van der Waals surface area contributed by atoms with Gasteiger partial charge >= 0.3 is 0 Å². The number of carbonyl (C=O) groups excluding carboxylic acids is 1. The predicted octanol–water partition coefficient (Wildman–Crippen LogP) is 1.41. The number of amides is 1. The van der Waals surface area contributed by atoms with Gasteiger partial charge in [0.15, 0.2) is 0 Å². The molecule has 1 amide bonds. The maximum absolute atomic E-state index is 11.3. The van der Waals surface area contributed by atoms with Gasteiger partial charge in [0, 0.05) is 0 Å². The Labute approximate surface area is 91.5 Å². The number of oxime groups is 1. The van der Waals surface area contributed by atoms with Gasteiger partial charge in [-0.1, -0.05) is 28.9 Å². The summed E-state index contributed by atoms with van der Waals surface area (Å²) in [5, 5.41) is 13.9. The number of hydrogen-bond donors (Lipinski definition) is 3. The van der Waals surface area contributed by atoms with E-state index < -0.39 is 5.91 Å². The Kier molecular flexibility index (Phi) is 3.93. The van der Waals surface area contributed by atoms with Crippen LogP contribution in [-0.2, 0) is 4.79 Å². The second-order valence-corrected chi connectivity index (χ2v) is 3.20. The van der Waals surface area contributed by atoms with Gasteiger partial charge in [-0.25, -0.2) is 0 Å². The average molecular weight is 228 g/mol. The lowest BCUT2D eigenvalue weighted by molar-refractivity contribution is -0.115. The molecule has 1 aromatic carbocycles. The third-order valence-corrected chi connectivity index (χ3v) is 1.95. The van der Waals surface area contributed by atoms with Crippen molar-refractivity contribution in [1.82, 2.24) is 0 Å².